The molecule has 2 rings (SSSR count). The Morgan fingerprint density at radius 3 is 2.77 bits per heavy atom. The fourth-order valence-corrected chi connectivity index (χ4v) is 2.15. The molecule has 0 aliphatic carbocycles. The van der Waals surface area contributed by atoms with Crippen molar-refractivity contribution in [1.29, 1.82) is 0 Å². The van der Waals surface area contributed by atoms with Crippen LogP contribution in [0.1, 0.15) is 36.2 Å². The summed E-state index contributed by atoms with van der Waals surface area (Å²) in [6, 6.07) is 7.38. The molecule has 1 heterocycles. The third-order valence-corrected chi connectivity index (χ3v) is 3.65. The molecule has 0 saturated carbocycles. The van der Waals surface area contributed by atoms with Gasteiger partial charge < -0.3 is 10.0 Å². The summed E-state index contributed by atoms with van der Waals surface area (Å²) < 4.78 is 13.2. The molecule has 0 radical (unpaired) electrons. The molecule has 0 spiro atoms. The summed E-state index contributed by atoms with van der Waals surface area (Å²) >= 11 is 0. The van der Waals surface area contributed by atoms with E-state index in [0.29, 0.717) is 6.54 Å². The molecule has 0 saturated heterocycles. The number of nitrogens with zero attached hydrogens (tertiary/aromatic N) is 2. The Bertz CT molecular complexity index is 646. The van der Waals surface area contributed by atoms with E-state index in [4.69, 9.17) is 0 Å². The zero-order valence-electron chi connectivity index (χ0n) is 12.7. The van der Waals surface area contributed by atoms with Gasteiger partial charge in [0.25, 0.3) is 5.91 Å². The van der Waals surface area contributed by atoms with Crippen LogP contribution in [0.25, 0.3) is 0 Å². The predicted molar refractivity (Wildman–Crippen MR) is 81.9 cm³/mol. The van der Waals surface area contributed by atoms with Crippen LogP contribution in [0.4, 0.5) is 4.39 Å². The summed E-state index contributed by atoms with van der Waals surface area (Å²) in [6.07, 6.45) is 4.18. The monoisotopic (exact) mass is 302 g/mol. The van der Waals surface area contributed by atoms with E-state index in [1.807, 2.05) is 26.0 Å². The van der Waals surface area contributed by atoms with E-state index < -0.39 is 11.6 Å². The summed E-state index contributed by atoms with van der Waals surface area (Å²) in [5.74, 6) is -1.50. The number of carbonyl (C=O) groups excluding carboxylic acids is 1. The van der Waals surface area contributed by atoms with Gasteiger partial charge in [-0.3, -0.25) is 9.78 Å². The molecule has 4 nitrogen and oxygen atoms in total. The van der Waals surface area contributed by atoms with Crippen molar-refractivity contribution < 1.29 is 14.3 Å². The predicted octanol–water partition coefficient (Wildman–Crippen LogP) is 3.37. The molecule has 2 aromatic rings. The number of halogens is 1. The smallest absolute Gasteiger partial charge is 0.254 e. The average molecular weight is 302 g/mol. The van der Waals surface area contributed by atoms with Crippen molar-refractivity contribution in [3.63, 3.8) is 0 Å². The molecule has 1 atom stereocenters. The lowest BCUT2D eigenvalue weighted by Gasteiger charge is -2.29. The van der Waals surface area contributed by atoms with E-state index >= 15 is 0 Å². The minimum atomic E-state index is -0.737. The molecule has 116 valence electrons. The van der Waals surface area contributed by atoms with Crippen LogP contribution in [0.3, 0.4) is 0 Å². The van der Waals surface area contributed by atoms with Gasteiger partial charge in [-0.15, -0.1) is 0 Å². The lowest BCUT2D eigenvalue weighted by molar-refractivity contribution is 0.0671. The van der Waals surface area contributed by atoms with Gasteiger partial charge in [-0.25, -0.2) is 4.39 Å². The highest BCUT2D eigenvalue weighted by atomic mass is 19.1. The molecule has 0 bridgehead atoms. The molecule has 1 aromatic carbocycles. The number of pyridine rings is 1. The number of hydrogen-bond acceptors (Lipinski definition) is 3. The molecule has 0 unspecified atom stereocenters. The van der Waals surface area contributed by atoms with Crippen molar-refractivity contribution in [3.05, 3.63) is 59.7 Å². The average Bonchev–Trinajstić information content (AvgIpc) is 2.55. The first-order valence-electron chi connectivity index (χ1n) is 7.21. The van der Waals surface area contributed by atoms with Crippen molar-refractivity contribution in [2.45, 2.75) is 32.9 Å². The molecule has 0 aliphatic heterocycles. The van der Waals surface area contributed by atoms with Crippen LogP contribution in [-0.2, 0) is 6.54 Å². The first-order chi connectivity index (χ1) is 10.5. The van der Waals surface area contributed by atoms with E-state index in [1.165, 1.54) is 6.07 Å². The van der Waals surface area contributed by atoms with Gasteiger partial charge in [-0.2, -0.15) is 0 Å². The summed E-state index contributed by atoms with van der Waals surface area (Å²) in [5.41, 5.74) is 1.19. The Morgan fingerprint density at radius 1 is 1.41 bits per heavy atom. The van der Waals surface area contributed by atoms with Crippen LogP contribution in [0.2, 0.25) is 0 Å². The number of benzene rings is 1. The second-order valence-electron chi connectivity index (χ2n) is 5.22. The SMILES string of the molecule is CC[C@H](C)N(Cc1cccnc1)C(=O)c1ccc(F)c(O)c1. The van der Waals surface area contributed by atoms with E-state index in [-0.39, 0.29) is 17.5 Å². The number of phenols is 1. The van der Waals surface area contributed by atoms with Crippen LogP contribution in [0, 0.1) is 5.82 Å². The van der Waals surface area contributed by atoms with Crippen molar-refractivity contribution >= 4 is 5.91 Å². The van der Waals surface area contributed by atoms with E-state index in [9.17, 15) is 14.3 Å². The lowest BCUT2D eigenvalue weighted by atomic mass is 10.1. The number of aromatic hydroxyl groups is 1. The minimum Gasteiger partial charge on any atom is -0.505 e. The molecular weight excluding hydrogens is 283 g/mol. The van der Waals surface area contributed by atoms with Crippen molar-refractivity contribution in [3.8, 4) is 5.75 Å². The molecule has 1 amide bonds. The number of amides is 1. The summed E-state index contributed by atoms with van der Waals surface area (Å²) in [6.45, 7) is 4.37. The molecular formula is C17H19FN2O2. The van der Waals surface area contributed by atoms with E-state index in [0.717, 1.165) is 24.1 Å². The van der Waals surface area contributed by atoms with Gasteiger partial charge in [-0.1, -0.05) is 13.0 Å². The molecule has 0 aliphatic rings. The van der Waals surface area contributed by atoms with E-state index in [2.05, 4.69) is 4.98 Å². The van der Waals surface area contributed by atoms with Gasteiger partial charge in [-0.05, 0) is 43.2 Å². The molecule has 1 aromatic heterocycles. The second kappa shape index (κ2) is 7.02. The highest BCUT2D eigenvalue weighted by Crippen LogP contribution is 2.20. The minimum absolute atomic E-state index is 0.0138. The fraction of sp³-hybridized carbons (Fsp3) is 0.294. The Hall–Kier alpha value is -2.43. The normalized spacial score (nSPS) is 12.0. The standard InChI is InChI=1S/C17H19FN2O2/c1-3-12(2)20(11-13-5-4-8-19-10-13)17(22)14-6-7-15(18)16(21)9-14/h4-10,12,21H,3,11H2,1-2H3/t12-/m0/s1. The first kappa shape index (κ1) is 15.9. The third kappa shape index (κ3) is 3.61. The van der Waals surface area contributed by atoms with Crippen molar-refractivity contribution in [2.75, 3.05) is 0 Å². The highest BCUT2D eigenvalue weighted by Gasteiger charge is 2.21. The largest absolute Gasteiger partial charge is 0.505 e. The summed E-state index contributed by atoms with van der Waals surface area (Å²) in [4.78, 5) is 18.4. The number of hydrogen-bond donors (Lipinski definition) is 1. The Kier molecular flexibility index (Phi) is 5.09. The summed E-state index contributed by atoms with van der Waals surface area (Å²) in [5, 5.41) is 9.46. The Balaban J connectivity index is 2.28. The molecule has 1 N–H and O–H groups in total. The van der Waals surface area contributed by atoms with Crippen LogP contribution in [-0.4, -0.2) is 26.9 Å². The third-order valence-electron chi connectivity index (χ3n) is 3.65. The quantitative estimate of drug-likeness (QED) is 0.921. The maximum Gasteiger partial charge on any atom is 0.254 e. The van der Waals surface area contributed by atoms with Gasteiger partial charge in [0.15, 0.2) is 11.6 Å². The number of aromatic nitrogens is 1. The fourth-order valence-electron chi connectivity index (χ4n) is 2.15. The lowest BCUT2D eigenvalue weighted by Crippen LogP contribution is -2.37. The first-order valence-corrected chi connectivity index (χ1v) is 7.21. The van der Waals surface area contributed by atoms with E-state index in [1.54, 1.807) is 17.3 Å². The number of phenolic OH excluding ortho intramolecular Hbond substituents is 1. The van der Waals surface area contributed by atoms with Crippen molar-refractivity contribution in [1.82, 2.24) is 9.88 Å². The van der Waals surface area contributed by atoms with Crippen molar-refractivity contribution in [2.24, 2.45) is 0 Å². The Morgan fingerprint density at radius 2 is 2.18 bits per heavy atom. The maximum absolute atomic E-state index is 13.2. The summed E-state index contributed by atoms with van der Waals surface area (Å²) in [7, 11) is 0. The zero-order chi connectivity index (χ0) is 16.1. The Labute approximate surface area is 129 Å². The highest BCUT2D eigenvalue weighted by molar-refractivity contribution is 5.94. The van der Waals surface area contributed by atoms with Gasteiger partial charge in [0.05, 0.1) is 0 Å². The zero-order valence-corrected chi connectivity index (χ0v) is 12.7. The van der Waals surface area contributed by atoms with Gasteiger partial charge in [0.2, 0.25) is 0 Å². The van der Waals surface area contributed by atoms with Crippen LogP contribution in [0.15, 0.2) is 42.7 Å². The van der Waals surface area contributed by atoms with Crippen LogP contribution >= 0.6 is 0 Å². The van der Waals surface area contributed by atoms with Crippen LogP contribution in [0.5, 0.6) is 5.75 Å². The number of rotatable bonds is 5. The molecule has 22 heavy (non-hydrogen) atoms. The van der Waals surface area contributed by atoms with Gasteiger partial charge in [0, 0.05) is 30.5 Å². The molecule has 0 fully saturated rings. The van der Waals surface area contributed by atoms with Gasteiger partial charge in [0.1, 0.15) is 0 Å². The maximum atomic E-state index is 13.2. The van der Waals surface area contributed by atoms with Crippen LogP contribution < -0.4 is 0 Å². The van der Waals surface area contributed by atoms with Gasteiger partial charge >= 0.3 is 0 Å². The number of carbonyl (C=O) groups is 1. The second-order valence-corrected chi connectivity index (χ2v) is 5.22. The molecule has 5 heteroatoms. The topological polar surface area (TPSA) is 53.4 Å².